The molecule has 1 saturated heterocycles. The Kier molecular flexibility index (Phi) is 4.51. The van der Waals surface area contributed by atoms with E-state index in [0.717, 1.165) is 0 Å². The molecule has 2 aromatic heterocycles. The van der Waals surface area contributed by atoms with E-state index in [1.165, 1.54) is 12.1 Å². The first kappa shape index (κ1) is 16.4. The van der Waals surface area contributed by atoms with Crippen LogP contribution in [0.4, 0.5) is 19.0 Å². The van der Waals surface area contributed by atoms with Gasteiger partial charge in [-0.2, -0.15) is 17.7 Å². The molecule has 0 aromatic carbocycles. The number of alkyl halides is 3. The molecule has 130 valence electrons. The van der Waals surface area contributed by atoms with Crippen LogP contribution in [0.1, 0.15) is 12.2 Å². The Morgan fingerprint density at radius 2 is 2.00 bits per heavy atom. The highest BCUT2D eigenvalue weighted by Gasteiger charge is 2.37. The van der Waals surface area contributed by atoms with Gasteiger partial charge in [-0.25, -0.2) is 0 Å². The van der Waals surface area contributed by atoms with E-state index in [1.807, 2.05) is 0 Å². The SMILES string of the molecule is O=C(CCNc1ccc2nnc(C(F)(F)F)n2n1)N1CCOCC1. The lowest BCUT2D eigenvalue weighted by atomic mass is 10.3. The van der Waals surface area contributed by atoms with Crippen molar-refractivity contribution in [3.8, 4) is 0 Å². The summed E-state index contributed by atoms with van der Waals surface area (Å²) in [6.45, 7) is 2.41. The summed E-state index contributed by atoms with van der Waals surface area (Å²) in [4.78, 5) is 13.7. The number of anilines is 1. The van der Waals surface area contributed by atoms with Crippen molar-refractivity contribution in [1.29, 1.82) is 0 Å². The lowest BCUT2D eigenvalue weighted by Gasteiger charge is -2.26. The number of amides is 1. The van der Waals surface area contributed by atoms with E-state index >= 15 is 0 Å². The largest absolute Gasteiger partial charge is 0.453 e. The molecule has 1 amide bonds. The fourth-order valence-corrected chi connectivity index (χ4v) is 2.33. The lowest BCUT2D eigenvalue weighted by Crippen LogP contribution is -2.41. The molecule has 2 aromatic rings. The topological polar surface area (TPSA) is 84.7 Å². The average Bonchev–Trinajstić information content (AvgIpc) is 2.99. The van der Waals surface area contributed by atoms with Gasteiger partial charge in [-0.1, -0.05) is 0 Å². The number of carbonyl (C=O) groups is 1. The van der Waals surface area contributed by atoms with Gasteiger partial charge >= 0.3 is 6.18 Å². The molecule has 0 bridgehead atoms. The summed E-state index contributed by atoms with van der Waals surface area (Å²) >= 11 is 0. The molecule has 3 rings (SSSR count). The van der Waals surface area contributed by atoms with E-state index < -0.39 is 12.0 Å². The number of hydrogen-bond acceptors (Lipinski definition) is 6. The molecule has 0 radical (unpaired) electrons. The van der Waals surface area contributed by atoms with Crippen molar-refractivity contribution in [1.82, 2.24) is 24.7 Å². The first-order valence-corrected chi connectivity index (χ1v) is 7.34. The highest BCUT2D eigenvalue weighted by molar-refractivity contribution is 5.76. The van der Waals surface area contributed by atoms with Crippen LogP contribution in [0.2, 0.25) is 0 Å². The van der Waals surface area contributed by atoms with Crippen molar-refractivity contribution in [2.75, 3.05) is 38.2 Å². The van der Waals surface area contributed by atoms with E-state index in [0.29, 0.717) is 30.8 Å². The third kappa shape index (κ3) is 3.55. The normalized spacial score (nSPS) is 15.7. The Bertz CT molecular complexity index is 726. The molecule has 0 aliphatic carbocycles. The molecule has 1 aliphatic heterocycles. The van der Waals surface area contributed by atoms with Crippen LogP contribution >= 0.6 is 0 Å². The summed E-state index contributed by atoms with van der Waals surface area (Å²) in [6, 6.07) is 2.87. The number of nitrogens with zero attached hydrogens (tertiary/aromatic N) is 5. The predicted molar refractivity (Wildman–Crippen MR) is 76.3 cm³/mol. The molecule has 24 heavy (non-hydrogen) atoms. The fourth-order valence-electron chi connectivity index (χ4n) is 2.33. The van der Waals surface area contributed by atoms with E-state index in [9.17, 15) is 18.0 Å². The zero-order chi connectivity index (χ0) is 17.2. The number of aromatic nitrogens is 4. The van der Waals surface area contributed by atoms with E-state index in [2.05, 4.69) is 20.6 Å². The molecule has 8 nitrogen and oxygen atoms in total. The van der Waals surface area contributed by atoms with Crippen molar-refractivity contribution < 1.29 is 22.7 Å². The number of fused-ring (bicyclic) bond motifs is 1. The van der Waals surface area contributed by atoms with Crippen molar-refractivity contribution in [2.45, 2.75) is 12.6 Å². The van der Waals surface area contributed by atoms with E-state index in [1.54, 1.807) is 4.90 Å². The van der Waals surface area contributed by atoms with Crippen LogP contribution in [-0.4, -0.2) is 63.5 Å². The maximum atomic E-state index is 12.8. The Balaban J connectivity index is 1.62. The maximum absolute atomic E-state index is 12.8. The summed E-state index contributed by atoms with van der Waals surface area (Å²) in [5.74, 6) is -1.01. The van der Waals surface area contributed by atoms with Gasteiger partial charge in [-0.05, 0) is 12.1 Å². The van der Waals surface area contributed by atoms with Crippen molar-refractivity contribution in [3.63, 3.8) is 0 Å². The predicted octanol–water partition coefficient (Wildman–Crippen LogP) is 0.804. The summed E-state index contributed by atoms with van der Waals surface area (Å²) in [6.07, 6.45) is -4.43. The van der Waals surface area contributed by atoms with Crippen molar-refractivity contribution in [3.05, 3.63) is 18.0 Å². The Morgan fingerprint density at radius 3 is 2.71 bits per heavy atom. The van der Waals surface area contributed by atoms with Gasteiger partial charge in [0.25, 0.3) is 5.82 Å². The monoisotopic (exact) mass is 344 g/mol. The first-order valence-electron chi connectivity index (χ1n) is 7.34. The van der Waals surface area contributed by atoms with Crippen LogP contribution in [0.3, 0.4) is 0 Å². The highest BCUT2D eigenvalue weighted by atomic mass is 19.4. The van der Waals surface area contributed by atoms with Crippen LogP contribution in [-0.2, 0) is 15.7 Å². The number of morpholine rings is 1. The van der Waals surface area contributed by atoms with Gasteiger partial charge in [-0.3, -0.25) is 4.79 Å². The van der Waals surface area contributed by atoms with Gasteiger partial charge in [-0.15, -0.1) is 15.3 Å². The number of rotatable bonds is 4. The van der Waals surface area contributed by atoms with E-state index in [4.69, 9.17) is 4.74 Å². The van der Waals surface area contributed by atoms with Crippen molar-refractivity contribution >= 4 is 17.4 Å². The second-order valence-corrected chi connectivity index (χ2v) is 5.18. The minimum atomic E-state index is -4.64. The van der Waals surface area contributed by atoms with Gasteiger partial charge in [0.2, 0.25) is 5.91 Å². The summed E-state index contributed by atoms with van der Waals surface area (Å²) < 4.78 is 44.2. The molecule has 3 heterocycles. The van der Waals surface area contributed by atoms with Crippen LogP contribution in [0, 0.1) is 0 Å². The summed E-state index contributed by atoms with van der Waals surface area (Å²) in [5, 5.41) is 13.2. The number of nitrogens with one attached hydrogen (secondary N) is 1. The molecule has 11 heteroatoms. The van der Waals surface area contributed by atoms with E-state index in [-0.39, 0.29) is 30.3 Å². The number of ether oxygens (including phenoxy) is 1. The minimum absolute atomic E-state index is 0.00253. The minimum Gasteiger partial charge on any atom is -0.378 e. The maximum Gasteiger partial charge on any atom is 0.453 e. The van der Waals surface area contributed by atoms with Gasteiger partial charge in [0.1, 0.15) is 5.82 Å². The van der Waals surface area contributed by atoms with Crippen LogP contribution in [0.15, 0.2) is 12.1 Å². The molecule has 1 fully saturated rings. The van der Waals surface area contributed by atoms with Gasteiger partial charge in [0.15, 0.2) is 5.65 Å². The van der Waals surface area contributed by atoms with Crippen LogP contribution < -0.4 is 5.32 Å². The highest BCUT2D eigenvalue weighted by Crippen LogP contribution is 2.27. The lowest BCUT2D eigenvalue weighted by molar-refractivity contribution is -0.146. The van der Waals surface area contributed by atoms with Gasteiger partial charge < -0.3 is 15.0 Å². The third-order valence-corrected chi connectivity index (χ3v) is 3.53. The van der Waals surface area contributed by atoms with Crippen molar-refractivity contribution in [2.24, 2.45) is 0 Å². The smallest absolute Gasteiger partial charge is 0.378 e. The standard InChI is InChI=1S/C13H15F3N6O2/c14-13(15,16)12-19-18-10-2-1-9(20-22(10)12)17-4-3-11(23)21-5-7-24-8-6-21/h1-2H,3-8H2,(H,17,20). The van der Waals surface area contributed by atoms with Gasteiger partial charge in [0.05, 0.1) is 13.2 Å². The number of halogens is 3. The quantitative estimate of drug-likeness (QED) is 0.883. The zero-order valence-corrected chi connectivity index (χ0v) is 12.6. The molecule has 0 saturated carbocycles. The second kappa shape index (κ2) is 6.59. The Morgan fingerprint density at radius 1 is 1.25 bits per heavy atom. The van der Waals surface area contributed by atoms with Crippen LogP contribution in [0.25, 0.3) is 5.65 Å². The zero-order valence-electron chi connectivity index (χ0n) is 12.6. The van der Waals surface area contributed by atoms with Crippen LogP contribution in [0.5, 0.6) is 0 Å². The molecule has 1 aliphatic rings. The Hall–Kier alpha value is -2.43. The second-order valence-electron chi connectivity index (χ2n) is 5.18. The summed E-state index contributed by atoms with van der Waals surface area (Å²) in [5.41, 5.74) is -0.00253. The number of carbonyl (C=O) groups excluding carboxylic acids is 1. The number of hydrogen-bond donors (Lipinski definition) is 1. The molecule has 1 N–H and O–H groups in total. The third-order valence-electron chi connectivity index (χ3n) is 3.53. The molecule has 0 spiro atoms. The van der Waals surface area contributed by atoms with Gasteiger partial charge in [0, 0.05) is 26.1 Å². The average molecular weight is 344 g/mol. The molecule has 0 atom stereocenters. The Labute approximate surface area is 134 Å². The molecule has 0 unspecified atom stereocenters. The molecular formula is C13H15F3N6O2. The summed E-state index contributed by atoms with van der Waals surface area (Å²) in [7, 11) is 0. The fraction of sp³-hybridized carbons (Fsp3) is 0.538. The molecular weight excluding hydrogens is 329 g/mol. The first-order chi connectivity index (χ1) is 11.4.